The summed E-state index contributed by atoms with van der Waals surface area (Å²) in [6.07, 6.45) is 4.72. The molecule has 0 spiro atoms. The minimum atomic E-state index is -0.733. The van der Waals surface area contributed by atoms with E-state index in [1.807, 2.05) is 45.0 Å². The molecule has 0 radical (unpaired) electrons. The minimum Gasteiger partial charge on any atom is -0.490 e. The van der Waals surface area contributed by atoms with Gasteiger partial charge in [-0.1, -0.05) is 25.5 Å². The Morgan fingerprint density at radius 2 is 1.97 bits per heavy atom. The van der Waals surface area contributed by atoms with Crippen molar-refractivity contribution in [1.29, 1.82) is 0 Å². The predicted molar refractivity (Wildman–Crippen MR) is 132 cm³/mol. The van der Waals surface area contributed by atoms with E-state index in [4.69, 9.17) is 9.47 Å². The Labute approximate surface area is 207 Å². The number of amides is 1. The first-order valence-electron chi connectivity index (χ1n) is 12.4. The number of nitrogens with one attached hydrogen (secondary N) is 1. The van der Waals surface area contributed by atoms with Gasteiger partial charge in [-0.25, -0.2) is 9.48 Å². The summed E-state index contributed by atoms with van der Waals surface area (Å²) >= 11 is 0. The van der Waals surface area contributed by atoms with Crippen LogP contribution in [0.3, 0.4) is 0 Å². The topological polar surface area (TPSA) is 116 Å². The lowest BCUT2D eigenvalue weighted by molar-refractivity contribution is -0.153. The van der Waals surface area contributed by atoms with Crippen LogP contribution in [0.25, 0.3) is 11.3 Å². The monoisotopic (exact) mass is 486 g/mol. The summed E-state index contributed by atoms with van der Waals surface area (Å²) in [7, 11) is 1.76. The fourth-order valence-corrected chi connectivity index (χ4v) is 4.86. The van der Waals surface area contributed by atoms with Gasteiger partial charge in [0.1, 0.15) is 23.7 Å². The summed E-state index contributed by atoms with van der Waals surface area (Å²) in [5, 5.41) is 21.0. The van der Waals surface area contributed by atoms with E-state index < -0.39 is 17.5 Å². The Balaban J connectivity index is 1.65. The van der Waals surface area contributed by atoms with Gasteiger partial charge in [0.15, 0.2) is 0 Å². The second-order valence-corrected chi connectivity index (χ2v) is 10.1. The first kappa shape index (κ1) is 26.5. The second-order valence-electron chi connectivity index (χ2n) is 10.1. The van der Waals surface area contributed by atoms with Gasteiger partial charge in [0, 0.05) is 24.6 Å². The lowest BCUT2D eigenvalue weighted by atomic mass is 9.71. The van der Waals surface area contributed by atoms with Crippen molar-refractivity contribution in [2.45, 2.75) is 90.9 Å². The third-order valence-corrected chi connectivity index (χ3v) is 6.96. The number of carboxylic acid groups (broad SMARTS) is 1. The molecule has 1 aromatic carbocycles. The standard InChI is InChI=1S/C26H38N4O5/c1-6-14-25(3,4)27-24(33)34-17-21-22(28-29-30(21)5)18-10-12-19(13-11-18)35-20-9-8-15-26(7-2,16-20)23(31)32/h10-13,20H,6-9,14-17H2,1-5H3,(H,27,33)(H,31,32)/t20-,26-/m0/s1. The van der Waals surface area contributed by atoms with Crippen LogP contribution in [0.15, 0.2) is 24.3 Å². The number of ether oxygens (including phenoxy) is 2. The van der Waals surface area contributed by atoms with E-state index in [2.05, 4.69) is 22.6 Å². The second kappa shape index (κ2) is 11.1. The zero-order valence-electron chi connectivity index (χ0n) is 21.5. The van der Waals surface area contributed by atoms with Gasteiger partial charge in [-0.05, 0) is 70.2 Å². The number of aryl methyl sites for hydroxylation is 1. The maximum atomic E-state index is 12.3. The number of carbonyl (C=O) groups is 2. The fraction of sp³-hybridized carbons (Fsp3) is 0.615. The zero-order valence-corrected chi connectivity index (χ0v) is 21.5. The van der Waals surface area contributed by atoms with Crippen LogP contribution >= 0.6 is 0 Å². The lowest BCUT2D eigenvalue weighted by Crippen LogP contribution is -2.43. The van der Waals surface area contributed by atoms with E-state index >= 15 is 0 Å². The van der Waals surface area contributed by atoms with Crippen molar-refractivity contribution in [3.8, 4) is 17.0 Å². The molecule has 1 heterocycles. The minimum absolute atomic E-state index is 0.0431. The molecular weight excluding hydrogens is 448 g/mol. The summed E-state index contributed by atoms with van der Waals surface area (Å²) < 4.78 is 13.2. The molecule has 9 nitrogen and oxygen atoms in total. The number of rotatable bonds is 10. The Bertz CT molecular complexity index is 1020. The Kier molecular flexibility index (Phi) is 8.40. The van der Waals surface area contributed by atoms with E-state index in [9.17, 15) is 14.7 Å². The van der Waals surface area contributed by atoms with Gasteiger partial charge >= 0.3 is 12.1 Å². The Hall–Kier alpha value is -3.10. The number of carbonyl (C=O) groups excluding carboxylic acids is 1. The number of carboxylic acids is 1. The summed E-state index contributed by atoms with van der Waals surface area (Å²) in [4.78, 5) is 24.1. The number of alkyl carbamates (subject to hydrolysis) is 1. The molecule has 1 aliphatic rings. The van der Waals surface area contributed by atoms with Gasteiger partial charge in [0.25, 0.3) is 0 Å². The molecule has 1 aromatic heterocycles. The van der Waals surface area contributed by atoms with Gasteiger partial charge in [-0.15, -0.1) is 5.10 Å². The summed E-state index contributed by atoms with van der Waals surface area (Å²) in [6, 6.07) is 7.50. The molecule has 35 heavy (non-hydrogen) atoms. The van der Waals surface area contributed by atoms with E-state index in [0.29, 0.717) is 36.4 Å². The van der Waals surface area contributed by atoms with Gasteiger partial charge < -0.3 is 19.9 Å². The molecule has 0 aliphatic heterocycles. The summed E-state index contributed by atoms with van der Waals surface area (Å²) in [6.45, 7) is 7.98. The quantitative estimate of drug-likeness (QED) is 0.480. The average molecular weight is 487 g/mol. The molecule has 1 fully saturated rings. The molecule has 0 saturated heterocycles. The maximum Gasteiger partial charge on any atom is 0.407 e. The van der Waals surface area contributed by atoms with Crippen LogP contribution in [0.2, 0.25) is 0 Å². The highest BCUT2D eigenvalue weighted by molar-refractivity contribution is 5.74. The van der Waals surface area contributed by atoms with Gasteiger partial charge in [0.2, 0.25) is 0 Å². The zero-order chi connectivity index (χ0) is 25.6. The fourth-order valence-electron chi connectivity index (χ4n) is 4.86. The molecule has 9 heteroatoms. The van der Waals surface area contributed by atoms with E-state index in [0.717, 1.165) is 31.2 Å². The average Bonchev–Trinajstić information content (AvgIpc) is 3.18. The highest BCUT2D eigenvalue weighted by Gasteiger charge is 2.42. The number of aromatic nitrogens is 3. The first-order valence-corrected chi connectivity index (χ1v) is 12.4. The van der Waals surface area contributed by atoms with Crippen LogP contribution in [0.4, 0.5) is 4.79 Å². The van der Waals surface area contributed by atoms with Crippen molar-refractivity contribution in [2.75, 3.05) is 0 Å². The normalized spacial score (nSPS) is 20.3. The molecule has 1 saturated carbocycles. The van der Waals surface area contributed by atoms with Crippen molar-refractivity contribution in [3.05, 3.63) is 30.0 Å². The SMILES string of the molecule is CCCC(C)(C)NC(=O)OCc1c(-c2ccc(O[C@H]3CCC[C@](CC)(C(=O)O)C3)cc2)nnn1C. The maximum absolute atomic E-state index is 12.3. The van der Waals surface area contributed by atoms with Crippen molar-refractivity contribution in [2.24, 2.45) is 12.5 Å². The highest BCUT2D eigenvalue weighted by Crippen LogP contribution is 2.41. The molecule has 3 rings (SSSR count). The van der Waals surface area contributed by atoms with Crippen LogP contribution in [-0.4, -0.2) is 43.8 Å². The molecule has 1 aliphatic carbocycles. The van der Waals surface area contributed by atoms with Gasteiger partial charge in [-0.2, -0.15) is 0 Å². The predicted octanol–water partition coefficient (Wildman–Crippen LogP) is 5.09. The van der Waals surface area contributed by atoms with Crippen molar-refractivity contribution in [3.63, 3.8) is 0 Å². The summed E-state index contributed by atoms with van der Waals surface area (Å²) in [5.41, 5.74) is 1.11. The van der Waals surface area contributed by atoms with E-state index in [1.54, 1.807) is 11.7 Å². The van der Waals surface area contributed by atoms with Crippen molar-refractivity contribution >= 4 is 12.1 Å². The Morgan fingerprint density at radius 1 is 1.26 bits per heavy atom. The van der Waals surface area contributed by atoms with Gasteiger partial charge in [0.05, 0.1) is 11.5 Å². The number of nitrogens with zero attached hydrogens (tertiary/aromatic N) is 3. The number of hydrogen-bond acceptors (Lipinski definition) is 6. The smallest absolute Gasteiger partial charge is 0.407 e. The molecule has 0 unspecified atom stereocenters. The lowest BCUT2D eigenvalue weighted by Gasteiger charge is -2.36. The first-order chi connectivity index (χ1) is 16.6. The molecule has 2 atom stereocenters. The number of hydrogen-bond donors (Lipinski definition) is 2. The van der Waals surface area contributed by atoms with Crippen LogP contribution in [0, 0.1) is 5.41 Å². The summed E-state index contributed by atoms with van der Waals surface area (Å²) in [5.74, 6) is -0.0427. The molecule has 1 amide bonds. The number of aliphatic carboxylic acids is 1. The molecular formula is C26H38N4O5. The third-order valence-electron chi connectivity index (χ3n) is 6.96. The molecule has 192 valence electrons. The van der Waals surface area contributed by atoms with Crippen molar-refractivity contribution in [1.82, 2.24) is 20.3 Å². The molecule has 2 N–H and O–H groups in total. The van der Waals surface area contributed by atoms with Crippen molar-refractivity contribution < 1.29 is 24.2 Å². The van der Waals surface area contributed by atoms with E-state index in [-0.39, 0.29) is 18.2 Å². The van der Waals surface area contributed by atoms with Crippen LogP contribution < -0.4 is 10.1 Å². The molecule has 2 aromatic rings. The van der Waals surface area contributed by atoms with Crippen LogP contribution in [0.5, 0.6) is 5.75 Å². The Morgan fingerprint density at radius 3 is 2.60 bits per heavy atom. The van der Waals surface area contributed by atoms with Crippen LogP contribution in [-0.2, 0) is 23.2 Å². The van der Waals surface area contributed by atoms with Crippen LogP contribution in [0.1, 0.15) is 78.3 Å². The number of benzene rings is 1. The van der Waals surface area contributed by atoms with E-state index in [1.165, 1.54) is 0 Å². The molecule has 0 bridgehead atoms. The van der Waals surface area contributed by atoms with Gasteiger partial charge in [-0.3, -0.25) is 4.79 Å². The highest BCUT2D eigenvalue weighted by atomic mass is 16.5. The largest absolute Gasteiger partial charge is 0.490 e. The third kappa shape index (κ3) is 6.52.